The zero-order chi connectivity index (χ0) is 31.9. The summed E-state index contributed by atoms with van der Waals surface area (Å²) in [5.41, 5.74) is 0. The fourth-order valence-corrected chi connectivity index (χ4v) is 7.39. The first-order valence-electron chi connectivity index (χ1n) is 21.6. The Balaban J connectivity index is 3.32. The van der Waals surface area contributed by atoms with Crippen molar-refractivity contribution in [1.29, 1.82) is 0 Å². The van der Waals surface area contributed by atoms with Crippen LogP contribution >= 0.6 is 0 Å². The Bertz CT molecular complexity index is 467. The molecule has 0 aromatic carbocycles. The van der Waals surface area contributed by atoms with Crippen molar-refractivity contribution in [3.63, 3.8) is 0 Å². The van der Waals surface area contributed by atoms with Crippen LogP contribution in [0.15, 0.2) is 0 Å². The Morgan fingerprint density at radius 3 is 0.614 bits per heavy atom. The summed E-state index contributed by atoms with van der Waals surface area (Å²) in [6, 6.07) is 0. The molecular weight excluding hydrogens is 528 g/mol. The summed E-state index contributed by atoms with van der Waals surface area (Å²) in [4.78, 5) is 0. The zero-order valence-corrected chi connectivity index (χ0v) is 31.6. The standard InChI is InChI=1S/C44H89/c1-4-7-9-11-13-15-17-19-21-22-23-24-25-26-27-28-30-32-34-36-38-40-43-44(41-6-3)42-39-37-35-33-31-29-20-18-16-14-12-10-8-5-2/h44H,3-43H2,1-2H3. The largest absolute Gasteiger partial charge is 0.0654 e. The lowest BCUT2D eigenvalue weighted by Crippen LogP contribution is -2.00. The molecule has 0 aliphatic heterocycles. The number of unbranched alkanes of at least 4 members (excludes halogenated alkanes) is 34. The van der Waals surface area contributed by atoms with Crippen LogP contribution in [0.1, 0.15) is 271 Å². The second kappa shape index (κ2) is 41.0. The van der Waals surface area contributed by atoms with E-state index in [0.29, 0.717) is 0 Å². The summed E-state index contributed by atoms with van der Waals surface area (Å²) < 4.78 is 0. The fraction of sp³-hybridized carbons (Fsp3) is 0.977. The Morgan fingerprint density at radius 1 is 0.250 bits per heavy atom. The molecule has 0 heteroatoms. The molecular formula is C44H89. The van der Waals surface area contributed by atoms with Gasteiger partial charge in [-0.15, -0.1) is 0 Å². The van der Waals surface area contributed by atoms with E-state index in [2.05, 4.69) is 20.8 Å². The van der Waals surface area contributed by atoms with Crippen molar-refractivity contribution in [2.75, 3.05) is 0 Å². The van der Waals surface area contributed by atoms with E-state index in [9.17, 15) is 0 Å². The predicted molar refractivity (Wildman–Crippen MR) is 205 cm³/mol. The molecule has 0 fully saturated rings. The van der Waals surface area contributed by atoms with Crippen LogP contribution in [-0.2, 0) is 0 Å². The number of hydrogen-bond donors (Lipinski definition) is 0. The highest BCUT2D eigenvalue weighted by Crippen LogP contribution is 2.24. The smallest absolute Gasteiger partial charge is 0.0414 e. The molecule has 0 aromatic rings. The summed E-state index contributed by atoms with van der Waals surface area (Å²) in [6.45, 7) is 8.80. The molecule has 1 radical (unpaired) electrons. The van der Waals surface area contributed by atoms with Gasteiger partial charge in [0.1, 0.15) is 0 Å². The average Bonchev–Trinajstić information content (AvgIpc) is 3.03. The second-order valence-corrected chi connectivity index (χ2v) is 15.1. The molecule has 0 amide bonds. The molecule has 0 saturated heterocycles. The van der Waals surface area contributed by atoms with Crippen molar-refractivity contribution in [1.82, 2.24) is 0 Å². The van der Waals surface area contributed by atoms with Gasteiger partial charge in [-0.3, -0.25) is 0 Å². The molecule has 0 aliphatic carbocycles. The van der Waals surface area contributed by atoms with Crippen molar-refractivity contribution in [3.8, 4) is 0 Å². The van der Waals surface area contributed by atoms with Crippen LogP contribution in [0.3, 0.4) is 0 Å². The van der Waals surface area contributed by atoms with E-state index in [1.54, 1.807) is 0 Å². The van der Waals surface area contributed by atoms with Gasteiger partial charge in [0.25, 0.3) is 0 Å². The lowest BCUT2D eigenvalue weighted by Gasteiger charge is -2.16. The lowest BCUT2D eigenvalue weighted by molar-refractivity contribution is 0.381. The summed E-state index contributed by atoms with van der Waals surface area (Å²) in [5.74, 6) is 0.968. The van der Waals surface area contributed by atoms with Gasteiger partial charge >= 0.3 is 0 Å². The van der Waals surface area contributed by atoms with Crippen LogP contribution in [0.4, 0.5) is 0 Å². The van der Waals surface area contributed by atoms with E-state index in [1.807, 2.05) is 0 Å². The second-order valence-electron chi connectivity index (χ2n) is 15.1. The van der Waals surface area contributed by atoms with Crippen LogP contribution in [0.5, 0.6) is 0 Å². The van der Waals surface area contributed by atoms with Gasteiger partial charge < -0.3 is 0 Å². The van der Waals surface area contributed by atoms with Gasteiger partial charge in [-0.05, 0) is 5.92 Å². The van der Waals surface area contributed by atoms with E-state index >= 15 is 0 Å². The van der Waals surface area contributed by atoms with Crippen molar-refractivity contribution < 1.29 is 0 Å². The van der Waals surface area contributed by atoms with E-state index in [0.717, 1.165) is 12.3 Å². The van der Waals surface area contributed by atoms with Crippen LogP contribution in [-0.4, -0.2) is 0 Å². The van der Waals surface area contributed by atoms with E-state index in [-0.39, 0.29) is 0 Å². The molecule has 0 aromatic heterocycles. The predicted octanol–water partition coefficient (Wildman–Crippen LogP) is 17.1. The van der Waals surface area contributed by atoms with Crippen LogP contribution in [0, 0.1) is 12.8 Å². The Hall–Kier alpha value is 0. The van der Waals surface area contributed by atoms with E-state index in [1.165, 1.54) is 250 Å². The van der Waals surface area contributed by atoms with Gasteiger partial charge in [0.2, 0.25) is 0 Å². The van der Waals surface area contributed by atoms with Gasteiger partial charge in [-0.1, -0.05) is 278 Å². The maximum atomic E-state index is 4.18. The van der Waals surface area contributed by atoms with Gasteiger partial charge in [0.15, 0.2) is 0 Å². The van der Waals surface area contributed by atoms with Crippen molar-refractivity contribution in [3.05, 3.63) is 6.92 Å². The SMILES string of the molecule is [CH2]CCC(CCCCCCCCCCCCCCCC)CCCCCCCCCCCCCCCCCCCCCCCC. The molecule has 1 atom stereocenters. The molecule has 1 unspecified atom stereocenters. The fourth-order valence-electron chi connectivity index (χ4n) is 7.39. The third-order valence-electron chi connectivity index (χ3n) is 10.5. The maximum absolute atomic E-state index is 4.18. The van der Waals surface area contributed by atoms with E-state index < -0.39 is 0 Å². The minimum Gasteiger partial charge on any atom is -0.0654 e. The highest BCUT2D eigenvalue weighted by atomic mass is 14.1. The summed E-state index contributed by atoms with van der Waals surface area (Å²) in [7, 11) is 0. The van der Waals surface area contributed by atoms with E-state index in [4.69, 9.17) is 0 Å². The molecule has 0 spiro atoms. The normalized spacial score (nSPS) is 12.3. The Morgan fingerprint density at radius 2 is 0.432 bits per heavy atom. The molecule has 44 heavy (non-hydrogen) atoms. The van der Waals surface area contributed by atoms with Crippen LogP contribution in [0.2, 0.25) is 0 Å². The average molecular weight is 618 g/mol. The first-order chi connectivity index (χ1) is 21.8. The van der Waals surface area contributed by atoms with Crippen molar-refractivity contribution >= 4 is 0 Å². The summed E-state index contributed by atoms with van der Waals surface area (Å²) in [5, 5.41) is 0. The Labute approximate surface area is 282 Å². The third-order valence-corrected chi connectivity index (χ3v) is 10.5. The van der Waals surface area contributed by atoms with Crippen molar-refractivity contribution in [2.24, 2.45) is 5.92 Å². The van der Waals surface area contributed by atoms with Gasteiger partial charge in [0, 0.05) is 0 Å². The first-order valence-corrected chi connectivity index (χ1v) is 21.6. The number of hydrogen-bond acceptors (Lipinski definition) is 0. The monoisotopic (exact) mass is 618 g/mol. The topological polar surface area (TPSA) is 0 Å². The summed E-state index contributed by atoms with van der Waals surface area (Å²) >= 11 is 0. The Kier molecular flexibility index (Phi) is 41.0. The quantitative estimate of drug-likeness (QED) is 0.0600. The van der Waals surface area contributed by atoms with Crippen LogP contribution in [0.25, 0.3) is 0 Å². The number of rotatable bonds is 40. The molecule has 0 saturated carbocycles. The minimum absolute atomic E-state index is 0.968. The van der Waals surface area contributed by atoms with Crippen molar-refractivity contribution in [2.45, 2.75) is 271 Å². The molecule has 0 rings (SSSR count). The van der Waals surface area contributed by atoms with Crippen LogP contribution < -0.4 is 0 Å². The molecule has 0 heterocycles. The highest BCUT2D eigenvalue weighted by molar-refractivity contribution is 4.62. The molecule has 0 bridgehead atoms. The van der Waals surface area contributed by atoms with Gasteiger partial charge in [-0.2, -0.15) is 0 Å². The minimum atomic E-state index is 0.968. The van der Waals surface area contributed by atoms with Gasteiger partial charge in [0.05, 0.1) is 0 Å². The molecule has 0 aliphatic rings. The molecule has 0 N–H and O–H groups in total. The third kappa shape index (κ3) is 38.2. The highest BCUT2D eigenvalue weighted by Gasteiger charge is 2.07. The lowest BCUT2D eigenvalue weighted by atomic mass is 9.90. The van der Waals surface area contributed by atoms with Gasteiger partial charge in [-0.25, -0.2) is 0 Å². The maximum Gasteiger partial charge on any atom is -0.0414 e. The first kappa shape index (κ1) is 44.0. The zero-order valence-electron chi connectivity index (χ0n) is 31.6. The molecule has 265 valence electrons. The molecule has 0 nitrogen and oxygen atoms in total. The summed E-state index contributed by atoms with van der Waals surface area (Å²) in [6.07, 6.45) is 58.6.